The molecule has 17 heavy (non-hydrogen) atoms. The molecule has 0 aliphatic heterocycles. The highest BCUT2D eigenvalue weighted by Gasteiger charge is 2.01. The van der Waals surface area contributed by atoms with Gasteiger partial charge in [0.25, 0.3) is 0 Å². The molecular weight excluding hydrogens is 238 g/mol. The van der Waals surface area contributed by atoms with E-state index in [0.717, 1.165) is 18.8 Å². The molecule has 0 saturated carbocycles. The third-order valence-corrected chi connectivity index (χ3v) is 2.49. The zero-order chi connectivity index (χ0) is 11.5. The first-order chi connectivity index (χ1) is 7.65. The lowest BCUT2D eigenvalue weighted by Gasteiger charge is -2.03. The number of nitrogens with zero attached hydrogens (tertiary/aromatic N) is 4. The van der Waals surface area contributed by atoms with Gasteiger partial charge in [-0.3, -0.25) is 9.36 Å². The van der Waals surface area contributed by atoms with E-state index in [1.54, 1.807) is 0 Å². The summed E-state index contributed by atoms with van der Waals surface area (Å²) < 4.78 is 3.72. The lowest BCUT2D eigenvalue weighted by atomic mass is 10.3. The van der Waals surface area contributed by atoms with E-state index in [0.29, 0.717) is 0 Å². The summed E-state index contributed by atoms with van der Waals surface area (Å²) in [4.78, 5) is 0. The van der Waals surface area contributed by atoms with Gasteiger partial charge in [-0.2, -0.15) is 10.2 Å². The van der Waals surface area contributed by atoms with Crippen molar-refractivity contribution in [2.75, 3.05) is 0 Å². The Morgan fingerprint density at radius 3 is 2.59 bits per heavy atom. The Hall–Kier alpha value is -1.33. The Bertz CT molecular complexity index is 474. The Morgan fingerprint density at radius 2 is 2.06 bits per heavy atom. The average molecular weight is 256 g/mol. The van der Waals surface area contributed by atoms with Gasteiger partial charge in [0.2, 0.25) is 0 Å². The summed E-state index contributed by atoms with van der Waals surface area (Å²) in [5.41, 5.74) is 3.45. The fourth-order valence-electron chi connectivity index (χ4n) is 1.73. The zero-order valence-electron chi connectivity index (χ0n) is 10.3. The lowest BCUT2D eigenvalue weighted by Crippen LogP contribution is -2.14. The molecule has 1 N–H and O–H groups in total. The monoisotopic (exact) mass is 255 g/mol. The standard InChI is InChI=1S/C11H17N5.ClH/c1-9-4-11(16(3)14-9)7-12-5-10-6-13-15(2)8-10;/h4,6,8,12H,5,7H2,1-3H3;1H. The molecule has 0 radical (unpaired) electrons. The smallest absolute Gasteiger partial charge is 0.0597 e. The molecule has 0 amide bonds. The number of nitrogens with one attached hydrogen (secondary N) is 1. The third kappa shape index (κ3) is 3.57. The van der Waals surface area contributed by atoms with Crippen LogP contribution in [-0.2, 0) is 27.2 Å². The molecule has 0 fully saturated rings. The lowest BCUT2D eigenvalue weighted by molar-refractivity contribution is 0.624. The van der Waals surface area contributed by atoms with Crippen molar-refractivity contribution in [3.8, 4) is 0 Å². The van der Waals surface area contributed by atoms with Crippen molar-refractivity contribution in [2.45, 2.75) is 20.0 Å². The number of aryl methyl sites for hydroxylation is 3. The summed E-state index contributed by atoms with van der Waals surface area (Å²) in [6.07, 6.45) is 3.89. The Balaban J connectivity index is 0.00000144. The maximum Gasteiger partial charge on any atom is 0.0597 e. The molecule has 2 aromatic heterocycles. The zero-order valence-corrected chi connectivity index (χ0v) is 11.2. The molecule has 2 rings (SSSR count). The first-order valence-corrected chi connectivity index (χ1v) is 5.33. The van der Waals surface area contributed by atoms with Gasteiger partial charge in [0.1, 0.15) is 0 Å². The largest absolute Gasteiger partial charge is 0.307 e. The Morgan fingerprint density at radius 1 is 1.29 bits per heavy atom. The van der Waals surface area contributed by atoms with Crippen molar-refractivity contribution in [1.29, 1.82) is 0 Å². The normalized spacial score (nSPS) is 10.3. The molecule has 0 aromatic carbocycles. The van der Waals surface area contributed by atoms with Gasteiger partial charge in [-0.15, -0.1) is 12.4 Å². The molecule has 0 bridgehead atoms. The van der Waals surface area contributed by atoms with Crippen LogP contribution >= 0.6 is 12.4 Å². The molecule has 0 unspecified atom stereocenters. The van der Waals surface area contributed by atoms with Crippen molar-refractivity contribution in [3.63, 3.8) is 0 Å². The van der Waals surface area contributed by atoms with Crippen molar-refractivity contribution >= 4 is 12.4 Å². The minimum absolute atomic E-state index is 0. The number of hydrogen-bond acceptors (Lipinski definition) is 3. The maximum absolute atomic E-state index is 4.30. The van der Waals surface area contributed by atoms with Crippen molar-refractivity contribution in [2.24, 2.45) is 14.1 Å². The second kappa shape index (κ2) is 5.84. The number of hydrogen-bond donors (Lipinski definition) is 1. The number of aromatic nitrogens is 4. The number of halogens is 1. The van der Waals surface area contributed by atoms with Crippen LogP contribution < -0.4 is 5.32 Å². The highest BCUT2D eigenvalue weighted by Crippen LogP contribution is 2.02. The van der Waals surface area contributed by atoms with Crippen molar-refractivity contribution in [1.82, 2.24) is 24.9 Å². The first-order valence-electron chi connectivity index (χ1n) is 5.33. The third-order valence-electron chi connectivity index (χ3n) is 2.49. The topological polar surface area (TPSA) is 47.7 Å². The van der Waals surface area contributed by atoms with E-state index in [9.17, 15) is 0 Å². The minimum Gasteiger partial charge on any atom is -0.307 e. The van der Waals surface area contributed by atoms with Gasteiger partial charge >= 0.3 is 0 Å². The van der Waals surface area contributed by atoms with E-state index in [1.165, 1.54) is 11.3 Å². The molecule has 2 heterocycles. The molecular formula is C11H18ClN5. The highest BCUT2D eigenvalue weighted by atomic mass is 35.5. The van der Waals surface area contributed by atoms with Gasteiger partial charge in [-0.1, -0.05) is 0 Å². The summed E-state index contributed by atoms with van der Waals surface area (Å²) in [5.74, 6) is 0. The summed E-state index contributed by atoms with van der Waals surface area (Å²) in [6.45, 7) is 3.66. The van der Waals surface area contributed by atoms with Crippen LogP contribution in [0.25, 0.3) is 0 Å². The fraction of sp³-hybridized carbons (Fsp3) is 0.455. The highest BCUT2D eigenvalue weighted by molar-refractivity contribution is 5.85. The second-order valence-electron chi connectivity index (χ2n) is 4.03. The predicted octanol–water partition coefficient (Wildman–Crippen LogP) is 1.17. The van der Waals surface area contributed by atoms with Gasteiger partial charge in [0.15, 0.2) is 0 Å². The first kappa shape index (κ1) is 13.7. The van der Waals surface area contributed by atoms with E-state index in [4.69, 9.17) is 0 Å². The molecule has 94 valence electrons. The predicted molar refractivity (Wildman–Crippen MR) is 68.9 cm³/mol. The molecule has 0 saturated heterocycles. The van der Waals surface area contributed by atoms with Crippen LogP contribution in [0.15, 0.2) is 18.5 Å². The second-order valence-corrected chi connectivity index (χ2v) is 4.03. The summed E-state index contributed by atoms with van der Waals surface area (Å²) in [6, 6.07) is 2.09. The van der Waals surface area contributed by atoms with Crippen LogP contribution in [0.2, 0.25) is 0 Å². The Labute approximate surface area is 107 Å². The van der Waals surface area contributed by atoms with Crippen LogP contribution in [0.1, 0.15) is 17.0 Å². The Kier molecular flexibility index (Phi) is 4.72. The van der Waals surface area contributed by atoms with Crippen LogP contribution in [0.5, 0.6) is 0 Å². The summed E-state index contributed by atoms with van der Waals surface area (Å²) in [5, 5.41) is 11.8. The van der Waals surface area contributed by atoms with Gasteiger partial charge in [0.05, 0.1) is 17.6 Å². The molecule has 6 heteroatoms. The summed E-state index contributed by atoms with van der Waals surface area (Å²) in [7, 11) is 3.89. The minimum atomic E-state index is 0. The van der Waals surface area contributed by atoms with Gasteiger partial charge in [-0.05, 0) is 13.0 Å². The van der Waals surface area contributed by atoms with E-state index in [1.807, 2.05) is 42.8 Å². The molecule has 0 aliphatic carbocycles. The molecule has 0 atom stereocenters. The average Bonchev–Trinajstić information content (AvgIpc) is 2.74. The van der Waals surface area contributed by atoms with Gasteiger partial charge in [0, 0.05) is 38.9 Å². The van der Waals surface area contributed by atoms with Crippen LogP contribution in [0.4, 0.5) is 0 Å². The van der Waals surface area contributed by atoms with Crippen LogP contribution in [0, 0.1) is 6.92 Å². The quantitative estimate of drug-likeness (QED) is 0.892. The number of rotatable bonds is 4. The summed E-state index contributed by atoms with van der Waals surface area (Å²) >= 11 is 0. The molecule has 0 aliphatic rings. The van der Waals surface area contributed by atoms with E-state index in [-0.39, 0.29) is 12.4 Å². The fourth-order valence-corrected chi connectivity index (χ4v) is 1.73. The van der Waals surface area contributed by atoms with Crippen LogP contribution in [0.3, 0.4) is 0 Å². The molecule has 0 spiro atoms. The van der Waals surface area contributed by atoms with E-state index < -0.39 is 0 Å². The van der Waals surface area contributed by atoms with Crippen molar-refractivity contribution in [3.05, 3.63) is 35.4 Å². The SMILES string of the molecule is Cc1cc(CNCc2cnn(C)c2)n(C)n1.Cl. The van der Waals surface area contributed by atoms with E-state index in [2.05, 4.69) is 21.6 Å². The molecule has 2 aromatic rings. The maximum atomic E-state index is 4.30. The molecule has 5 nitrogen and oxygen atoms in total. The van der Waals surface area contributed by atoms with Crippen LogP contribution in [-0.4, -0.2) is 19.6 Å². The van der Waals surface area contributed by atoms with Gasteiger partial charge < -0.3 is 5.32 Å². The van der Waals surface area contributed by atoms with Crippen molar-refractivity contribution < 1.29 is 0 Å². The van der Waals surface area contributed by atoms with Gasteiger partial charge in [-0.25, -0.2) is 0 Å². The van der Waals surface area contributed by atoms with E-state index >= 15 is 0 Å².